The number of carbonyl (C=O) groups is 2. The molecular formula is C19H18N4O4S. The summed E-state index contributed by atoms with van der Waals surface area (Å²) in [5.41, 5.74) is 7.21. The molecule has 0 spiro atoms. The van der Waals surface area contributed by atoms with Crippen LogP contribution in [-0.2, 0) is 11.4 Å². The summed E-state index contributed by atoms with van der Waals surface area (Å²) in [6.45, 7) is 2.13. The molecule has 28 heavy (non-hydrogen) atoms. The number of primary amides is 1. The number of ether oxygens (including phenoxy) is 1. The van der Waals surface area contributed by atoms with E-state index in [0.29, 0.717) is 22.9 Å². The van der Waals surface area contributed by atoms with Gasteiger partial charge in [0.2, 0.25) is 11.8 Å². The molecule has 0 radical (unpaired) electrons. The zero-order valence-electron chi connectivity index (χ0n) is 15.0. The third kappa shape index (κ3) is 5.58. The summed E-state index contributed by atoms with van der Waals surface area (Å²) in [5, 5.41) is 10.8. The van der Waals surface area contributed by atoms with E-state index in [1.54, 1.807) is 24.3 Å². The minimum atomic E-state index is -0.521. The summed E-state index contributed by atoms with van der Waals surface area (Å²) >= 11 is 1.12. The summed E-state index contributed by atoms with van der Waals surface area (Å²) in [6, 6.07) is 13.9. The molecule has 1 heterocycles. The number of nitrogens with one attached hydrogen (secondary N) is 1. The normalized spacial score (nSPS) is 10.5. The Bertz CT molecular complexity index is 972. The van der Waals surface area contributed by atoms with Crippen molar-refractivity contribution in [1.82, 2.24) is 10.2 Å². The number of aromatic nitrogens is 2. The molecule has 0 atom stereocenters. The van der Waals surface area contributed by atoms with Gasteiger partial charge in [-0.1, -0.05) is 23.9 Å². The van der Waals surface area contributed by atoms with Crippen LogP contribution in [0.15, 0.2) is 58.2 Å². The molecule has 0 aliphatic carbocycles. The van der Waals surface area contributed by atoms with E-state index in [-0.39, 0.29) is 23.5 Å². The number of amides is 2. The molecule has 0 aliphatic rings. The minimum absolute atomic E-state index is 0.0952. The molecule has 0 fully saturated rings. The fraction of sp³-hybridized carbons (Fsp3) is 0.158. The number of hydrogen-bond donors (Lipinski definition) is 2. The van der Waals surface area contributed by atoms with Gasteiger partial charge < -0.3 is 20.2 Å². The van der Waals surface area contributed by atoms with E-state index in [4.69, 9.17) is 14.9 Å². The third-order valence-electron chi connectivity index (χ3n) is 3.58. The highest BCUT2D eigenvalue weighted by molar-refractivity contribution is 7.99. The van der Waals surface area contributed by atoms with Crippen molar-refractivity contribution in [2.75, 3.05) is 11.1 Å². The number of anilines is 1. The maximum atomic E-state index is 12.0. The minimum Gasteiger partial charge on any atom is -0.484 e. The van der Waals surface area contributed by atoms with Crippen LogP contribution in [0.4, 0.5) is 5.69 Å². The second-order valence-corrected chi connectivity index (χ2v) is 6.77. The van der Waals surface area contributed by atoms with E-state index in [1.807, 2.05) is 31.2 Å². The summed E-state index contributed by atoms with van der Waals surface area (Å²) in [4.78, 5) is 23.1. The lowest BCUT2D eigenvalue weighted by Gasteiger charge is -2.04. The Kier molecular flexibility index (Phi) is 6.28. The molecule has 0 saturated carbocycles. The van der Waals surface area contributed by atoms with Gasteiger partial charge in [-0.25, -0.2) is 0 Å². The monoisotopic (exact) mass is 398 g/mol. The van der Waals surface area contributed by atoms with Gasteiger partial charge >= 0.3 is 0 Å². The van der Waals surface area contributed by atoms with E-state index in [9.17, 15) is 9.59 Å². The highest BCUT2D eigenvalue weighted by Crippen LogP contribution is 2.19. The summed E-state index contributed by atoms with van der Waals surface area (Å²) in [7, 11) is 0. The van der Waals surface area contributed by atoms with Gasteiger partial charge in [0.15, 0.2) is 6.61 Å². The Morgan fingerprint density at radius 1 is 1.18 bits per heavy atom. The fourth-order valence-electron chi connectivity index (χ4n) is 2.25. The number of carbonyl (C=O) groups excluding carboxylic acids is 2. The molecule has 2 amide bonds. The lowest BCUT2D eigenvalue weighted by molar-refractivity contribution is -0.113. The number of aryl methyl sites for hydroxylation is 1. The zero-order valence-corrected chi connectivity index (χ0v) is 15.9. The van der Waals surface area contributed by atoms with Gasteiger partial charge in [0.1, 0.15) is 5.75 Å². The van der Waals surface area contributed by atoms with E-state index in [0.717, 1.165) is 17.3 Å². The van der Waals surface area contributed by atoms with Gasteiger partial charge in [0.25, 0.3) is 11.1 Å². The first-order valence-electron chi connectivity index (χ1n) is 8.34. The van der Waals surface area contributed by atoms with Crippen LogP contribution in [0.3, 0.4) is 0 Å². The second-order valence-electron chi connectivity index (χ2n) is 5.85. The van der Waals surface area contributed by atoms with Crippen LogP contribution in [0, 0.1) is 6.92 Å². The van der Waals surface area contributed by atoms with Crippen LogP contribution >= 0.6 is 11.8 Å². The molecule has 3 rings (SSSR count). The van der Waals surface area contributed by atoms with Crippen molar-refractivity contribution in [2.45, 2.75) is 18.8 Å². The van der Waals surface area contributed by atoms with Gasteiger partial charge in [-0.2, -0.15) is 0 Å². The molecule has 9 heteroatoms. The first-order valence-corrected chi connectivity index (χ1v) is 9.32. The maximum absolute atomic E-state index is 12.0. The van der Waals surface area contributed by atoms with Crippen molar-refractivity contribution in [3.05, 3.63) is 65.5 Å². The van der Waals surface area contributed by atoms with Crippen molar-refractivity contribution in [2.24, 2.45) is 5.73 Å². The number of hydrogen-bond acceptors (Lipinski definition) is 7. The smallest absolute Gasteiger partial charge is 0.277 e. The topological polar surface area (TPSA) is 120 Å². The molecule has 0 aliphatic heterocycles. The molecule has 2 aromatic carbocycles. The molecule has 144 valence electrons. The zero-order chi connectivity index (χ0) is 19.9. The largest absolute Gasteiger partial charge is 0.484 e. The van der Waals surface area contributed by atoms with Gasteiger partial charge in [0.05, 0.1) is 5.75 Å². The van der Waals surface area contributed by atoms with Crippen LogP contribution in [0.1, 0.15) is 21.8 Å². The second kappa shape index (κ2) is 9.05. The van der Waals surface area contributed by atoms with Crippen molar-refractivity contribution < 1.29 is 18.7 Å². The summed E-state index contributed by atoms with van der Waals surface area (Å²) in [5.74, 6) is 0.373. The average Bonchev–Trinajstić information content (AvgIpc) is 3.13. The predicted molar refractivity (Wildman–Crippen MR) is 104 cm³/mol. The average molecular weight is 398 g/mol. The number of thioether (sulfide) groups is 1. The fourth-order valence-corrected chi connectivity index (χ4v) is 2.83. The van der Waals surface area contributed by atoms with Crippen molar-refractivity contribution in [3.63, 3.8) is 0 Å². The maximum Gasteiger partial charge on any atom is 0.277 e. The lowest BCUT2D eigenvalue weighted by Crippen LogP contribution is -2.15. The molecule has 3 N–H and O–H groups in total. The lowest BCUT2D eigenvalue weighted by atomic mass is 10.2. The van der Waals surface area contributed by atoms with Crippen LogP contribution in [0.5, 0.6) is 5.75 Å². The van der Waals surface area contributed by atoms with E-state index < -0.39 is 5.91 Å². The van der Waals surface area contributed by atoms with E-state index >= 15 is 0 Å². The number of rotatable bonds is 8. The number of nitrogens with zero attached hydrogens (tertiary/aromatic N) is 2. The number of nitrogens with two attached hydrogens (primary N) is 1. The molecular weight excluding hydrogens is 380 g/mol. The molecule has 0 saturated heterocycles. The Balaban J connectivity index is 1.45. The Morgan fingerprint density at radius 2 is 1.96 bits per heavy atom. The number of benzene rings is 2. The van der Waals surface area contributed by atoms with Crippen molar-refractivity contribution in [3.8, 4) is 5.75 Å². The molecule has 3 aromatic rings. The third-order valence-corrected chi connectivity index (χ3v) is 4.40. The first kappa shape index (κ1) is 19.4. The Labute approximate surface area is 165 Å². The predicted octanol–water partition coefficient (Wildman–Crippen LogP) is 2.79. The van der Waals surface area contributed by atoms with E-state index in [1.165, 1.54) is 0 Å². The summed E-state index contributed by atoms with van der Waals surface area (Å²) < 4.78 is 11.1. The quantitative estimate of drug-likeness (QED) is 0.560. The van der Waals surface area contributed by atoms with Gasteiger partial charge in [0, 0.05) is 11.3 Å². The standard InChI is InChI=1S/C19H18N4O4S/c1-12-3-2-4-15(9-12)26-10-17-22-23-19(27-17)28-11-16(24)21-14-7-5-13(6-8-14)18(20)25/h2-9H,10-11H2,1H3,(H2,20,25)(H,21,24). The SMILES string of the molecule is Cc1cccc(OCc2nnc(SCC(=O)Nc3ccc(C(N)=O)cc3)o2)c1. The Morgan fingerprint density at radius 3 is 2.68 bits per heavy atom. The molecule has 0 bridgehead atoms. The van der Waals surface area contributed by atoms with Gasteiger partial charge in [-0.05, 0) is 48.9 Å². The van der Waals surface area contributed by atoms with Crippen LogP contribution in [0.25, 0.3) is 0 Å². The van der Waals surface area contributed by atoms with Crippen LogP contribution in [0.2, 0.25) is 0 Å². The highest BCUT2D eigenvalue weighted by Gasteiger charge is 2.11. The molecule has 8 nitrogen and oxygen atoms in total. The molecule has 1 aromatic heterocycles. The Hall–Kier alpha value is -3.33. The molecule has 0 unspecified atom stereocenters. The highest BCUT2D eigenvalue weighted by atomic mass is 32.2. The summed E-state index contributed by atoms with van der Waals surface area (Å²) in [6.07, 6.45) is 0. The van der Waals surface area contributed by atoms with Gasteiger partial charge in [-0.15, -0.1) is 10.2 Å². The van der Waals surface area contributed by atoms with Crippen molar-refractivity contribution in [1.29, 1.82) is 0 Å². The van der Waals surface area contributed by atoms with Crippen molar-refractivity contribution >= 4 is 29.3 Å². The van der Waals surface area contributed by atoms with Crippen LogP contribution < -0.4 is 15.8 Å². The first-order chi connectivity index (χ1) is 13.5. The van der Waals surface area contributed by atoms with Gasteiger partial charge in [-0.3, -0.25) is 9.59 Å². The van der Waals surface area contributed by atoms with Crippen LogP contribution in [-0.4, -0.2) is 27.8 Å². The van der Waals surface area contributed by atoms with E-state index in [2.05, 4.69) is 15.5 Å².